The molecule has 10 heteroatoms. The number of ether oxygens (including phenoxy) is 1. The van der Waals surface area contributed by atoms with E-state index in [1.807, 2.05) is 0 Å². The third-order valence-electron chi connectivity index (χ3n) is 3.94. The van der Waals surface area contributed by atoms with E-state index in [1.165, 1.54) is 31.4 Å². The molecule has 0 aliphatic heterocycles. The third kappa shape index (κ3) is 4.91. The van der Waals surface area contributed by atoms with Gasteiger partial charge in [0.1, 0.15) is 13.2 Å². The first-order chi connectivity index (χ1) is 13.8. The molecule has 2 amide bonds. The molecule has 1 heterocycles. The van der Waals surface area contributed by atoms with Gasteiger partial charge in [0, 0.05) is 18.5 Å². The van der Waals surface area contributed by atoms with E-state index in [4.69, 9.17) is 4.74 Å². The molecule has 0 aliphatic carbocycles. The Labute approximate surface area is 163 Å². The largest absolute Gasteiger partial charge is 0.449 e. The summed E-state index contributed by atoms with van der Waals surface area (Å²) in [6, 6.07) is 12.2. The number of rotatable bonds is 6. The van der Waals surface area contributed by atoms with E-state index in [-0.39, 0.29) is 23.5 Å². The number of halogens is 3. The molecule has 0 radical (unpaired) electrons. The number of fused-ring (bicyclic) bond motifs is 1. The van der Waals surface area contributed by atoms with Crippen molar-refractivity contribution in [3.63, 3.8) is 0 Å². The number of nitrogens with one attached hydrogen (secondary N) is 2. The quantitative estimate of drug-likeness (QED) is 0.658. The van der Waals surface area contributed by atoms with Gasteiger partial charge in [0.2, 0.25) is 17.6 Å². The Morgan fingerprint density at radius 2 is 1.59 bits per heavy atom. The Morgan fingerprint density at radius 3 is 2.17 bits per heavy atom. The summed E-state index contributed by atoms with van der Waals surface area (Å²) in [7, 11) is 1.39. The smallest absolute Gasteiger partial charge is 0.375 e. The number of aromatic nitrogens is 2. The maximum absolute atomic E-state index is 13.3. The van der Waals surface area contributed by atoms with Gasteiger partial charge in [0.15, 0.2) is 0 Å². The van der Waals surface area contributed by atoms with E-state index in [0.717, 1.165) is 4.57 Å². The van der Waals surface area contributed by atoms with Crippen molar-refractivity contribution in [2.45, 2.75) is 12.7 Å². The minimum atomic E-state index is -4.69. The van der Waals surface area contributed by atoms with Crippen LogP contribution in [0.25, 0.3) is 11.0 Å². The van der Waals surface area contributed by atoms with Crippen LogP contribution in [0.15, 0.2) is 48.5 Å². The molecular formula is C19H17F3N4O3. The predicted molar refractivity (Wildman–Crippen MR) is 100 cm³/mol. The third-order valence-corrected chi connectivity index (χ3v) is 3.94. The Hall–Kier alpha value is -3.40. The van der Waals surface area contributed by atoms with Crippen LogP contribution in [0, 0.1) is 0 Å². The standard InChI is InChI=1S/C19H17F3N4O3/c1-29-11-17(28)24-13-8-6-12(7-9-13)23-16(27)10-26-15-5-3-2-4-14(15)25-18(26)19(20,21)22/h2-9H,10-11H2,1H3,(H,23,27)(H,24,28). The lowest BCUT2D eigenvalue weighted by molar-refractivity contribution is -0.147. The fraction of sp³-hybridized carbons (Fsp3) is 0.211. The summed E-state index contributed by atoms with van der Waals surface area (Å²) >= 11 is 0. The number of alkyl halides is 3. The first-order valence-corrected chi connectivity index (χ1v) is 8.49. The predicted octanol–water partition coefficient (Wildman–Crippen LogP) is 3.28. The van der Waals surface area contributed by atoms with Crippen LogP contribution in [0.5, 0.6) is 0 Å². The maximum Gasteiger partial charge on any atom is 0.449 e. The van der Waals surface area contributed by atoms with E-state index in [9.17, 15) is 22.8 Å². The number of anilines is 2. The highest BCUT2D eigenvalue weighted by Gasteiger charge is 2.38. The van der Waals surface area contributed by atoms with Gasteiger partial charge in [-0.2, -0.15) is 13.2 Å². The number of hydrogen-bond donors (Lipinski definition) is 2. The Bertz CT molecular complexity index is 1030. The summed E-state index contributed by atoms with van der Waals surface area (Å²) in [5.74, 6) is -2.11. The van der Waals surface area contributed by atoms with Crippen molar-refractivity contribution in [2.75, 3.05) is 24.4 Å². The topological polar surface area (TPSA) is 85.3 Å². The van der Waals surface area contributed by atoms with E-state index < -0.39 is 24.5 Å². The number of methoxy groups -OCH3 is 1. The van der Waals surface area contributed by atoms with Crippen LogP contribution in [-0.2, 0) is 27.0 Å². The molecule has 3 rings (SSSR count). The molecule has 0 aliphatic rings. The number of imidazole rings is 1. The summed E-state index contributed by atoms with van der Waals surface area (Å²) in [6.07, 6.45) is -4.69. The first kappa shape index (κ1) is 20.3. The van der Waals surface area contributed by atoms with Crippen molar-refractivity contribution in [2.24, 2.45) is 0 Å². The van der Waals surface area contributed by atoms with Crippen molar-refractivity contribution in [1.82, 2.24) is 9.55 Å². The molecule has 0 saturated heterocycles. The molecule has 0 atom stereocenters. The van der Waals surface area contributed by atoms with Crippen LogP contribution in [0.2, 0.25) is 0 Å². The number of benzene rings is 2. The van der Waals surface area contributed by atoms with Crippen LogP contribution in [0.1, 0.15) is 5.82 Å². The Morgan fingerprint density at radius 1 is 1.00 bits per heavy atom. The molecule has 0 fully saturated rings. The number of carbonyl (C=O) groups is 2. The molecule has 0 spiro atoms. The Kier molecular flexibility index (Phi) is 5.83. The van der Waals surface area contributed by atoms with Gasteiger partial charge >= 0.3 is 6.18 Å². The summed E-state index contributed by atoms with van der Waals surface area (Å²) < 4.78 is 45.5. The molecule has 29 heavy (non-hydrogen) atoms. The highest BCUT2D eigenvalue weighted by molar-refractivity contribution is 5.94. The van der Waals surface area contributed by atoms with E-state index in [1.54, 1.807) is 24.3 Å². The molecule has 2 aromatic carbocycles. The lowest BCUT2D eigenvalue weighted by atomic mass is 10.2. The van der Waals surface area contributed by atoms with Gasteiger partial charge < -0.3 is 19.9 Å². The van der Waals surface area contributed by atoms with Gasteiger partial charge in [0.25, 0.3) is 0 Å². The molecular weight excluding hydrogens is 389 g/mol. The molecule has 0 saturated carbocycles. The number of nitrogens with zero attached hydrogens (tertiary/aromatic N) is 2. The second-order valence-electron chi connectivity index (χ2n) is 6.11. The number of amides is 2. The van der Waals surface area contributed by atoms with Gasteiger partial charge in [-0.15, -0.1) is 0 Å². The highest BCUT2D eigenvalue weighted by Crippen LogP contribution is 2.31. The molecule has 7 nitrogen and oxygen atoms in total. The van der Waals surface area contributed by atoms with Gasteiger partial charge in [0.05, 0.1) is 11.0 Å². The summed E-state index contributed by atoms with van der Waals surface area (Å²) in [5, 5.41) is 5.13. The molecule has 0 bridgehead atoms. The van der Waals surface area contributed by atoms with Crippen LogP contribution < -0.4 is 10.6 Å². The first-order valence-electron chi connectivity index (χ1n) is 8.49. The van der Waals surface area contributed by atoms with Gasteiger partial charge in [-0.05, 0) is 36.4 Å². The van der Waals surface area contributed by atoms with Crippen LogP contribution >= 0.6 is 0 Å². The van der Waals surface area contributed by atoms with Crippen molar-refractivity contribution >= 4 is 34.2 Å². The highest BCUT2D eigenvalue weighted by atomic mass is 19.4. The minimum Gasteiger partial charge on any atom is -0.375 e. The average molecular weight is 406 g/mol. The monoisotopic (exact) mass is 406 g/mol. The number of carbonyl (C=O) groups excluding carboxylic acids is 2. The zero-order chi connectivity index (χ0) is 21.0. The molecule has 2 N–H and O–H groups in total. The zero-order valence-electron chi connectivity index (χ0n) is 15.3. The lowest BCUT2D eigenvalue weighted by Crippen LogP contribution is -2.23. The van der Waals surface area contributed by atoms with Crippen LogP contribution in [0.3, 0.4) is 0 Å². The van der Waals surface area contributed by atoms with E-state index in [0.29, 0.717) is 11.4 Å². The van der Waals surface area contributed by atoms with Crippen LogP contribution in [-0.4, -0.2) is 35.1 Å². The molecule has 152 valence electrons. The summed E-state index contributed by atoms with van der Waals surface area (Å²) in [5.41, 5.74) is 1.23. The lowest BCUT2D eigenvalue weighted by Gasteiger charge is -2.12. The molecule has 1 aromatic heterocycles. The normalized spacial score (nSPS) is 11.4. The van der Waals surface area contributed by atoms with E-state index in [2.05, 4.69) is 15.6 Å². The van der Waals surface area contributed by atoms with Crippen molar-refractivity contribution < 1.29 is 27.5 Å². The van der Waals surface area contributed by atoms with Crippen molar-refractivity contribution in [3.05, 3.63) is 54.4 Å². The Balaban J connectivity index is 1.74. The van der Waals surface area contributed by atoms with Crippen molar-refractivity contribution in [3.8, 4) is 0 Å². The second-order valence-corrected chi connectivity index (χ2v) is 6.11. The average Bonchev–Trinajstić information content (AvgIpc) is 3.02. The molecule has 3 aromatic rings. The van der Waals surface area contributed by atoms with Gasteiger partial charge in [-0.25, -0.2) is 4.98 Å². The van der Waals surface area contributed by atoms with Crippen molar-refractivity contribution in [1.29, 1.82) is 0 Å². The summed E-state index contributed by atoms with van der Waals surface area (Å²) in [4.78, 5) is 27.4. The fourth-order valence-corrected chi connectivity index (χ4v) is 2.76. The maximum atomic E-state index is 13.3. The zero-order valence-corrected chi connectivity index (χ0v) is 15.3. The number of hydrogen-bond acceptors (Lipinski definition) is 4. The van der Waals surface area contributed by atoms with Gasteiger partial charge in [-0.3, -0.25) is 9.59 Å². The molecule has 0 unspecified atom stereocenters. The minimum absolute atomic E-state index is 0.0983. The summed E-state index contributed by atoms with van der Waals surface area (Å²) in [6.45, 7) is -0.652. The SMILES string of the molecule is COCC(=O)Nc1ccc(NC(=O)Cn2c(C(F)(F)F)nc3ccccc32)cc1. The second kappa shape index (κ2) is 8.31. The van der Waals surface area contributed by atoms with E-state index >= 15 is 0 Å². The fourth-order valence-electron chi connectivity index (χ4n) is 2.76. The van der Waals surface area contributed by atoms with Crippen LogP contribution in [0.4, 0.5) is 24.5 Å². The number of para-hydroxylation sites is 2. The van der Waals surface area contributed by atoms with Gasteiger partial charge in [-0.1, -0.05) is 12.1 Å².